The average Bonchev–Trinajstić information content (AvgIpc) is 3.15. The van der Waals surface area contributed by atoms with Gasteiger partial charge < -0.3 is 0 Å². The van der Waals surface area contributed by atoms with Crippen LogP contribution in [0.5, 0.6) is 0 Å². The second-order valence-electron chi connectivity index (χ2n) is 8.73. The summed E-state index contributed by atoms with van der Waals surface area (Å²) in [5.74, 6) is 2.89. The highest BCUT2D eigenvalue weighted by atomic mass is 14.8. The van der Waals surface area contributed by atoms with Gasteiger partial charge in [-0.05, 0) is 85.8 Å². The molecule has 0 N–H and O–H groups in total. The molecule has 0 radical (unpaired) electrons. The second-order valence-corrected chi connectivity index (χ2v) is 8.73. The summed E-state index contributed by atoms with van der Waals surface area (Å²) in [6, 6.07) is 13.1. The number of hydrogen-bond acceptors (Lipinski definition) is 2. The third-order valence-electron chi connectivity index (χ3n) is 6.84. The molecule has 26 heavy (non-hydrogen) atoms. The molecule has 3 aromatic rings. The Morgan fingerprint density at radius 2 is 1.46 bits per heavy atom. The van der Waals surface area contributed by atoms with Gasteiger partial charge in [0.05, 0.1) is 22.1 Å². The number of aryl methyl sites for hydroxylation is 1. The van der Waals surface area contributed by atoms with Crippen molar-refractivity contribution in [1.82, 2.24) is 9.97 Å². The third kappa shape index (κ3) is 3.11. The molecule has 134 valence electrons. The maximum atomic E-state index is 4.89. The molecule has 2 aliphatic rings. The van der Waals surface area contributed by atoms with Gasteiger partial charge in [-0.2, -0.15) is 0 Å². The van der Waals surface area contributed by atoms with Crippen LogP contribution < -0.4 is 0 Å². The number of fused-ring (bicyclic) bond motifs is 2. The van der Waals surface area contributed by atoms with Gasteiger partial charge in [0, 0.05) is 0 Å². The van der Waals surface area contributed by atoms with Crippen LogP contribution in [0.3, 0.4) is 0 Å². The van der Waals surface area contributed by atoms with Crippen LogP contribution >= 0.6 is 0 Å². The molecule has 2 atom stereocenters. The van der Waals surface area contributed by atoms with E-state index in [1.807, 2.05) is 0 Å². The van der Waals surface area contributed by atoms with Crippen molar-refractivity contribution in [3.63, 3.8) is 0 Å². The van der Waals surface area contributed by atoms with E-state index in [9.17, 15) is 0 Å². The maximum Gasteiger partial charge on any atom is 0.0897 e. The van der Waals surface area contributed by atoms with E-state index in [0.29, 0.717) is 0 Å². The zero-order valence-electron chi connectivity index (χ0n) is 15.7. The molecule has 0 amide bonds. The van der Waals surface area contributed by atoms with Crippen LogP contribution in [0.15, 0.2) is 36.4 Å². The molecule has 0 saturated heterocycles. The van der Waals surface area contributed by atoms with Crippen LogP contribution in [-0.2, 0) is 6.42 Å². The van der Waals surface area contributed by atoms with E-state index < -0.39 is 0 Å². The standard InChI is InChI=1S/C24H28N2/c1-16-6-10-21-23(12-16)26-24-15-18(7-11-22(24)25-21)14-20-9-8-19(20)13-17-4-2-3-5-17/h6-7,10-12,15,17,19-20H,2-5,8-9,13-14H2,1H3. The first kappa shape index (κ1) is 16.2. The lowest BCUT2D eigenvalue weighted by atomic mass is 9.67. The van der Waals surface area contributed by atoms with E-state index in [2.05, 4.69) is 43.3 Å². The largest absolute Gasteiger partial charge is 0.245 e. The predicted octanol–water partition coefficient (Wildman–Crippen LogP) is 6.24. The quantitative estimate of drug-likeness (QED) is 0.523. The van der Waals surface area contributed by atoms with E-state index >= 15 is 0 Å². The van der Waals surface area contributed by atoms with E-state index in [-0.39, 0.29) is 0 Å². The molecule has 2 nitrogen and oxygen atoms in total. The van der Waals surface area contributed by atoms with Crippen LogP contribution in [0.1, 0.15) is 56.1 Å². The molecule has 0 bridgehead atoms. The minimum absolute atomic E-state index is 0.892. The van der Waals surface area contributed by atoms with Crippen LogP contribution in [0.2, 0.25) is 0 Å². The summed E-state index contributed by atoms with van der Waals surface area (Å²) in [6.07, 6.45) is 11.5. The van der Waals surface area contributed by atoms with Crippen LogP contribution in [0, 0.1) is 24.7 Å². The van der Waals surface area contributed by atoms with Crippen molar-refractivity contribution >= 4 is 22.1 Å². The van der Waals surface area contributed by atoms with E-state index in [0.717, 1.165) is 39.8 Å². The Balaban J connectivity index is 1.36. The maximum absolute atomic E-state index is 4.89. The Bertz CT molecular complexity index is 939. The molecule has 2 unspecified atom stereocenters. The van der Waals surface area contributed by atoms with Gasteiger partial charge in [0.1, 0.15) is 0 Å². The normalized spacial score (nSPS) is 23.6. The van der Waals surface area contributed by atoms with E-state index in [1.54, 1.807) is 0 Å². The number of nitrogens with zero attached hydrogens (tertiary/aromatic N) is 2. The molecule has 0 spiro atoms. The van der Waals surface area contributed by atoms with Crippen molar-refractivity contribution in [3.8, 4) is 0 Å². The number of hydrogen-bond donors (Lipinski definition) is 0. The molecular formula is C24H28N2. The summed E-state index contributed by atoms with van der Waals surface area (Å²) in [7, 11) is 0. The molecule has 2 heteroatoms. The second kappa shape index (κ2) is 6.64. The highest BCUT2D eigenvalue weighted by molar-refractivity contribution is 5.86. The molecule has 1 aromatic heterocycles. The first-order valence-corrected chi connectivity index (χ1v) is 10.4. The lowest BCUT2D eigenvalue weighted by molar-refractivity contribution is 0.140. The minimum Gasteiger partial charge on any atom is -0.245 e. The number of aromatic nitrogens is 2. The topological polar surface area (TPSA) is 25.8 Å². The molecule has 0 aliphatic heterocycles. The fraction of sp³-hybridized carbons (Fsp3) is 0.500. The van der Waals surface area contributed by atoms with Crippen molar-refractivity contribution in [2.45, 2.75) is 58.3 Å². The molecule has 2 fully saturated rings. The Hall–Kier alpha value is -1.96. The first-order chi connectivity index (χ1) is 12.7. The minimum atomic E-state index is 0.892. The van der Waals surface area contributed by atoms with Gasteiger partial charge in [-0.3, -0.25) is 0 Å². The highest BCUT2D eigenvalue weighted by Crippen LogP contribution is 2.44. The van der Waals surface area contributed by atoms with Crippen molar-refractivity contribution in [1.29, 1.82) is 0 Å². The lowest BCUT2D eigenvalue weighted by Gasteiger charge is -2.38. The third-order valence-corrected chi connectivity index (χ3v) is 6.84. The van der Waals surface area contributed by atoms with Crippen molar-refractivity contribution in [3.05, 3.63) is 47.5 Å². The Morgan fingerprint density at radius 3 is 2.23 bits per heavy atom. The Morgan fingerprint density at radius 1 is 0.769 bits per heavy atom. The molecule has 5 rings (SSSR count). The number of benzene rings is 2. The molecule has 2 aliphatic carbocycles. The summed E-state index contributed by atoms with van der Waals surface area (Å²) in [5, 5.41) is 0. The molecule has 1 heterocycles. The molecular weight excluding hydrogens is 316 g/mol. The van der Waals surface area contributed by atoms with Gasteiger partial charge in [0.25, 0.3) is 0 Å². The lowest BCUT2D eigenvalue weighted by Crippen LogP contribution is -2.29. The van der Waals surface area contributed by atoms with E-state index in [1.165, 1.54) is 62.5 Å². The van der Waals surface area contributed by atoms with Crippen molar-refractivity contribution in [2.75, 3.05) is 0 Å². The van der Waals surface area contributed by atoms with Crippen molar-refractivity contribution in [2.24, 2.45) is 17.8 Å². The highest BCUT2D eigenvalue weighted by Gasteiger charge is 2.33. The van der Waals surface area contributed by atoms with Gasteiger partial charge in [-0.15, -0.1) is 0 Å². The van der Waals surface area contributed by atoms with Crippen molar-refractivity contribution < 1.29 is 0 Å². The molecule has 2 saturated carbocycles. The summed E-state index contributed by atoms with van der Waals surface area (Å²) in [5.41, 5.74) is 6.75. The SMILES string of the molecule is Cc1ccc2nc3ccc(CC4CCC4CC4CCCC4)cc3nc2c1. The van der Waals surface area contributed by atoms with Crippen LogP contribution in [0.25, 0.3) is 22.1 Å². The molecule has 2 aromatic carbocycles. The summed E-state index contributed by atoms with van der Waals surface area (Å²) >= 11 is 0. The van der Waals surface area contributed by atoms with Gasteiger partial charge in [-0.25, -0.2) is 9.97 Å². The summed E-state index contributed by atoms with van der Waals surface area (Å²) in [4.78, 5) is 9.68. The van der Waals surface area contributed by atoms with Crippen LogP contribution in [-0.4, -0.2) is 9.97 Å². The van der Waals surface area contributed by atoms with Gasteiger partial charge in [0.2, 0.25) is 0 Å². The van der Waals surface area contributed by atoms with Gasteiger partial charge in [-0.1, -0.05) is 37.8 Å². The fourth-order valence-corrected chi connectivity index (χ4v) is 5.15. The zero-order valence-corrected chi connectivity index (χ0v) is 15.7. The van der Waals surface area contributed by atoms with Crippen LogP contribution in [0.4, 0.5) is 0 Å². The fourth-order valence-electron chi connectivity index (χ4n) is 5.15. The smallest absolute Gasteiger partial charge is 0.0897 e. The summed E-state index contributed by atoms with van der Waals surface area (Å²) < 4.78 is 0. The predicted molar refractivity (Wildman–Crippen MR) is 108 cm³/mol. The Labute approximate surface area is 156 Å². The summed E-state index contributed by atoms with van der Waals surface area (Å²) in [6.45, 7) is 2.11. The van der Waals surface area contributed by atoms with E-state index in [4.69, 9.17) is 9.97 Å². The number of rotatable bonds is 4. The monoisotopic (exact) mass is 344 g/mol. The van der Waals surface area contributed by atoms with Gasteiger partial charge in [0.15, 0.2) is 0 Å². The average molecular weight is 345 g/mol. The zero-order chi connectivity index (χ0) is 17.5. The first-order valence-electron chi connectivity index (χ1n) is 10.4. The van der Waals surface area contributed by atoms with Gasteiger partial charge >= 0.3 is 0 Å². The Kier molecular flexibility index (Phi) is 4.15.